The molecule has 0 saturated carbocycles. The van der Waals surface area contributed by atoms with Crippen molar-refractivity contribution in [2.24, 2.45) is 5.73 Å². The average Bonchev–Trinajstić information content (AvgIpc) is 3.99. The molecule has 2 atom stereocenters. The lowest BCUT2D eigenvalue weighted by Gasteiger charge is -2.17. The summed E-state index contributed by atoms with van der Waals surface area (Å²) >= 11 is 0. The highest BCUT2D eigenvalue weighted by Gasteiger charge is 2.34. The molecule has 0 amide bonds. The Kier molecular flexibility index (Phi) is 8.48. The van der Waals surface area contributed by atoms with E-state index in [4.69, 9.17) is 20.0 Å². The summed E-state index contributed by atoms with van der Waals surface area (Å²) < 4.78 is 54.7. The van der Waals surface area contributed by atoms with Crippen LogP contribution >= 0.6 is 0 Å². The number of hydrazine groups is 1. The Hall–Kier alpha value is -5.64. The number of benzene rings is 1. The summed E-state index contributed by atoms with van der Waals surface area (Å²) in [4.78, 5) is 18.9. The van der Waals surface area contributed by atoms with Crippen LogP contribution in [0.25, 0.3) is 56.2 Å². The second-order valence-corrected chi connectivity index (χ2v) is 15.3. The van der Waals surface area contributed by atoms with Crippen LogP contribution in [0.3, 0.4) is 0 Å². The van der Waals surface area contributed by atoms with Crippen molar-refractivity contribution in [1.82, 2.24) is 54.0 Å². The molecule has 1 aromatic carbocycles. The van der Waals surface area contributed by atoms with Crippen LogP contribution in [0, 0.1) is 0 Å². The zero-order valence-corrected chi connectivity index (χ0v) is 29.7. The van der Waals surface area contributed by atoms with Crippen molar-refractivity contribution < 1.29 is 21.9 Å². The van der Waals surface area contributed by atoms with Crippen LogP contribution in [0.5, 0.6) is 0 Å². The molecule has 0 spiro atoms. The van der Waals surface area contributed by atoms with Crippen molar-refractivity contribution in [3.05, 3.63) is 49.1 Å². The maximum Gasteiger partial charge on any atom is 0.246 e. The van der Waals surface area contributed by atoms with Crippen LogP contribution in [-0.4, -0.2) is 92.0 Å². The molecule has 8 rings (SSSR count). The quantitative estimate of drug-likeness (QED) is 0.161. The molecule has 4 N–H and O–H groups in total. The molecule has 0 radical (unpaired) electrons. The SMILES string of the molecule is CCn1c(-c2nonc2NNc2nonc2-c2nc3cncc(S(=O)(=O)N4CC[C@H](N)C4)c3n2CC)nc2cncc(-c3ccc(S(C)=O)cc3)c21. The van der Waals surface area contributed by atoms with E-state index in [0.717, 1.165) is 21.5 Å². The number of nitrogens with two attached hydrogens (primary N) is 1. The number of hydrogen-bond donors (Lipinski definition) is 3. The number of aryl methyl sites for hydroxylation is 2. The molecule has 268 valence electrons. The Bertz CT molecular complexity index is 2580. The number of nitrogens with one attached hydrogen (secondary N) is 2. The van der Waals surface area contributed by atoms with Gasteiger partial charge >= 0.3 is 0 Å². The minimum atomic E-state index is -3.91. The molecule has 1 unspecified atom stereocenters. The van der Waals surface area contributed by atoms with E-state index < -0.39 is 20.8 Å². The number of imidazole rings is 2. The van der Waals surface area contributed by atoms with Crippen molar-refractivity contribution in [3.8, 4) is 34.2 Å². The molecule has 7 aromatic rings. The summed E-state index contributed by atoms with van der Waals surface area (Å²) in [5.74, 6) is 1.09. The molecular formula is C31H32N14O5S2. The molecule has 1 aliphatic heterocycles. The Morgan fingerprint density at radius 3 is 1.98 bits per heavy atom. The Labute approximate surface area is 298 Å². The monoisotopic (exact) mass is 744 g/mol. The molecule has 19 nitrogen and oxygen atoms in total. The van der Waals surface area contributed by atoms with Crippen molar-refractivity contribution >= 4 is 54.5 Å². The van der Waals surface area contributed by atoms with Crippen molar-refractivity contribution in [1.29, 1.82) is 0 Å². The Morgan fingerprint density at radius 1 is 0.846 bits per heavy atom. The molecule has 52 heavy (non-hydrogen) atoms. The van der Waals surface area contributed by atoms with Gasteiger partial charge in [-0.2, -0.15) is 4.31 Å². The molecule has 1 aliphatic rings. The number of rotatable bonds is 11. The van der Waals surface area contributed by atoms with Crippen molar-refractivity contribution in [3.63, 3.8) is 0 Å². The van der Waals surface area contributed by atoms with Gasteiger partial charge < -0.3 is 14.9 Å². The van der Waals surface area contributed by atoms with E-state index in [1.807, 2.05) is 42.7 Å². The van der Waals surface area contributed by atoms with Crippen LogP contribution in [-0.2, 0) is 33.9 Å². The van der Waals surface area contributed by atoms with E-state index in [1.54, 1.807) is 23.2 Å². The topological polar surface area (TPSA) is 244 Å². The van der Waals surface area contributed by atoms with Gasteiger partial charge in [-0.05, 0) is 58.6 Å². The standard InChI is InChI=1S/C31H32N14O5S2/c1-4-44-26-20(17-6-8-19(9-7-17)51(3)46)12-33-13-21(26)35-30(44)24-28(41-49-39-24)37-38-29-25(40-50-42-29)31-36-22-14-34-15-23(27(22)45(31)5-2)52(47,48)43-11-10-18(32)16-43/h6-9,12-15,18H,4-5,10-11,16,32H2,1-3H3,(H,37,41)(H,38,42)/t18-,51?/m0/s1. The smallest absolute Gasteiger partial charge is 0.246 e. The fourth-order valence-corrected chi connectivity index (χ4v) is 8.60. The number of hydrogen-bond acceptors (Lipinski definition) is 16. The fraction of sp³-hybridized carbons (Fsp3) is 0.290. The highest BCUT2D eigenvalue weighted by Crippen LogP contribution is 2.35. The van der Waals surface area contributed by atoms with Crippen molar-refractivity contribution in [2.45, 2.75) is 49.2 Å². The summed E-state index contributed by atoms with van der Waals surface area (Å²) in [6.07, 6.45) is 8.46. The maximum absolute atomic E-state index is 13.7. The number of anilines is 2. The third kappa shape index (κ3) is 5.57. The van der Waals surface area contributed by atoms with Crippen LogP contribution < -0.4 is 16.6 Å². The fourth-order valence-electron chi connectivity index (χ4n) is 6.41. The highest BCUT2D eigenvalue weighted by molar-refractivity contribution is 7.89. The predicted molar refractivity (Wildman–Crippen MR) is 189 cm³/mol. The second-order valence-electron chi connectivity index (χ2n) is 12.0. The maximum atomic E-state index is 13.7. The van der Waals surface area contributed by atoms with Gasteiger partial charge in [0.05, 0.1) is 23.4 Å². The molecular weight excluding hydrogens is 713 g/mol. The third-order valence-corrected chi connectivity index (χ3v) is 11.7. The predicted octanol–water partition coefficient (Wildman–Crippen LogP) is 2.88. The van der Waals surface area contributed by atoms with E-state index in [1.165, 1.54) is 16.7 Å². The van der Waals surface area contributed by atoms with Gasteiger partial charge in [-0.25, -0.2) is 27.6 Å². The lowest BCUT2D eigenvalue weighted by molar-refractivity contribution is 0.309. The number of pyridine rings is 2. The van der Waals surface area contributed by atoms with Gasteiger partial charge in [-0.1, -0.05) is 12.1 Å². The molecule has 21 heteroatoms. The first-order valence-electron chi connectivity index (χ1n) is 16.3. The Balaban J connectivity index is 1.12. The first-order valence-corrected chi connectivity index (χ1v) is 19.2. The minimum Gasteiger partial charge on any atom is -0.326 e. The van der Waals surface area contributed by atoms with Gasteiger partial charge in [0.2, 0.25) is 21.7 Å². The van der Waals surface area contributed by atoms with E-state index in [-0.39, 0.29) is 34.8 Å². The Morgan fingerprint density at radius 2 is 1.42 bits per heavy atom. The molecule has 1 fully saturated rings. The largest absolute Gasteiger partial charge is 0.326 e. The van der Waals surface area contributed by atoms with Gasteiger partial charge in [0.1, 0.15) is 15.9 Å². The normalized spacial score (nSPS) is 15.9. The lowest BCUT2D eigenvalue weighted by Crippen LogP contribution is -2.32. The van der Waals surface area contributed by atoms with Gasteiger partial charge in [-0.3, -0.25) is 25.0 Å². The van der Waals surface area contributed by atoms with Gasteiger partial charge in [-0.15, -0.1) is 0 Å². The summed E-state index contributed by atoms with van der Waals surface area (Å²) in [7, 11) is -5.02. The number of fused-ring (bicyclic) bond motifs is 2. The van der Waals surface area contributed by atoms with E-state index in [9.17, 15) is 12.6 Å². The molecule has 0 bridgehead atoms. The van der Waals surface area contributed by atoms with E-state index >= 15 is 0 Å². The molecule has 0 aliphatic carbocycles. The zero-order valence-electron chi connectivity index (χ0n) is 28.1. The van der Waals surface area contributed by atoms with E-state index in [0.29, 0.717) is 59.9 Å². The van der Waals surface area contributed by atoms with Crippen LogP contribution in [0.15, 0.2) is 68.1 Å². The molecule has 6 aromatic heterocycles. The van der Waals surface area contributed by atoms with Crippen molar-refractivity contribution in [2.75, 3.05) is 30.2 Å². The lowest BCUT2D eigenvalue weighted by atomic mass is 10.1. The summed E-state index contributed by atoms with van der Waals surface area (Å²) in [5.41, 5.74) is 16.4. The minimum absolute atomic E-state index is 0.0219. The summed E-state index contributed by atoms with van der Waals surface area (Å²) in [6, 6.07) is 7.25. The van der Waals surface area contributed by atoms with Crippen LogP contribution in [0.1, 0.15) is 20.3 Å². The van der Waals surface area contributed by atoms with Gasteiger partial charge in [0, 0.05) is 72.1 Å². The highest BCUT2D eigenvalue weighted by atomic mass is 32.2. The summed E-state index contributed by atoms with van der Waals surface area (Å²) in [6.45, 7) is 5.27. The van der Waals surface area contributed by atoms with Crippen LogP contribution in [0.4, 0.5) is 11.6 Å². The van der Waals surface area contributed by atoms with Crippen LogP contribution in [0.2, 0.25) is 0 Å². The first-order chi connectivity index (χ1) is 25.2. The first kappa shape index (κ1) is 33.5. The zero-order chi connectivity index (χ0) is 36.1. The molecule has 1 saturated heterocycles. The van der Waals surface area contributed by atoms with Gasteiger partial charge in [0.25, 0.3) is 0 Å². The molecule has 7 heterocycles. The number of aromatic nitrogens is 10. The second kappa shape index (κ2) is 13.2. The average molecular weight is 745 g/mol. The number of sulfonamides is 1. The number of nitrogens with zero attached hydrogens (tertiary/aromatic N) is 11. The third-order valence-electron chi connectivity index (χ3n) is 8.90. The summed E-state index contributed by atoms with van der Waals surface area (Å²) in [5, 5.41) is 16.3. The van der Waals surface area contributed by atoms with E-state index in [2.05, 4.69) is 46.4 Å². The van der Waals surface area contributed by atoms with Gasteiger partial charge in [0.15, 0.2) is 23.0 Å².